The van der Waals surface area contributed by atoms with E-state index in [1.165, 1.54) is 4.90 Å². The van der Waals surface area contributed by atoms with Crippen molar-refractivity contribution in [3.05, 3.63) is 12.2 Å². The summed E-state index contributed by atoms with van der Waals surface area (Å²) in [4.78, 5) is 24.2. The zero-order valence-corrected chi connectivity index (χ0v) is 10.5. The summed E-state index contributed by atoms with van der Waals surface area (Å²) in [5.41, 5.74) is -0.564. The summed E-state index contributed by atoms with van der Waals surface area (Å²) < 4.78 is 5.22. The third-order valence-corrected chi connectivity index (χ3v) is 2.35. The highest BCUT2D eigenvalue weighted by atomic mass is 16.6. The van der Waals surface area contributed by atoms with Gasteiger partial charge in [0.2, 0.25) is 0 Å². The number of ether oxygens (including phenoxy) is 1. The standard InChI is InChI=1S/C12H19NO4/c1-12(2,3)17-11(16)13-7-5-4-6-9(8-13)10(14)15/h4-5,9H,6-8H2,1-3H3,(H,14,15)/t9-/m0/s1. The summed E-state index contributed by atoms with van der Waals surface area (Å²) in [7, 11) is 0. The Bertz CT molecular complexity index is 330. The number of hydrogen-bond acceptors (Lipinski definition) is 3. The quantitative estimate of drug-likeness (QED) is 0.712. The van der Waals surface area contributed by atoms with Crippen molar-refractivity contribution in [3.8, 4) is 0 Å². The predicted octanol–water partition coefficient (Wildman–Crippen LogP) is 1.88. The maximum absolute atomic E-state index is 11.8. The first-order chi connectivity index (χ1) is 7.79. The molecule has 5 heteroatoms. The highest BCUT2D eigenvalue weighted by Crippen LogP contribution is 2.15. The van der Waals surface area contributed by atoms with E-state index in [4.69, 9.17) is 9.84 Å². The Morgan fingerprint density at radius 1 is 1.35 bits per heavy atom. The van der Waals surface area contributed by atoms with Gasteiger partial charge in [0.05, 0.1) is 5.92 Å². The molecule has 0 saturated carbocycles. The van der Waals surface area contributed by atoms with E-state index in [2.05, 4.69) is 0 Å². The van der Waals surface area contributed by atoms with Gasteiger partial charge in [-0.2, -0.15) is 0 Å². The summed E-state index contributed by atoms with van der Waals surface area (Å²) in [6.45, 7) is 5.95. The molecule has 1 aliphatic rings. The van der Waals surface area contributed by atoms with Gasteiger partial charge in [0.15, 0.2) is 0 Å². The smallest absolute Gasteiger partial charge is 0.410 e. The number of carbonyl (C=O) groups excluding carboxylic acids is 1. The van der Waals surface area contributed by atoms with Crippen LogP contribution in [0.5, 0.6) is 0 Å². The molecule has 5 nitrogen and oxygen atoms in total. The Balaban J connectivity index is 2.66. The first-order valence-electron chi connectivity index (χ1n) is 5.65. The van der Waals surface area contributed by atoms with Crippen LogP contribution in [-0.2, 0) is 9.53 Å². The van der Waals surface area contributed by atoms with Crippen LogP contribution in [0.25, 0.3) is 0 Å². The van der Waals surface area contributed by atoms with Gasteiger partial charge in [-0.15, -0.1) is 0 Å². The second-order valence-electron chi connectivity index (χ2n) is 5.13. The minimum absolute atomic E-state index is 0.192. The van der Waals surface area contributed by atoms with Crippen molar-refractivity contribution in [1.29, 1.82) is 0 Å². The lowest BCUT2D eigenvalue weighted by Crippen LogP contribution is -2.40. The van der Waals surface area contributed by atoms with E-state index in [9.17, 15) is 9.59 Å². The maximum atomic E-state index is 11.8. The van der Waals surface area contributed by atoms with E-state index < -0.39 is 23.6 Å². The minimum Gasteiger partial charge on any atom is -0.481 e. The Kier molecular flexibility index (Phi) is 4.15. The number of amides is 1. The Morgan fingerprint density at radius 3 is 2.53 bits per heavy atom. The molecule has 1 heterocycles. The first kappa shape index (κ1) is 13.5. The molecule has 96 valence electrons. The van der Waals surface area contributed by atoms with E-state index >= 15 is 0 Å². The van der Waals surface area contributed by atoms with Gasteiger partial charge in [0.25, 0.3) is 0 Å². The number of aliphatic carboxylic acids is 1. The Hall–Kier alpha value is -1.52. The molecular formula is C12H19NO4. The number of carboxylic acid groups (broad SMARTS) is 1. The molecule has 0 aliphatic carbocycles. The second kappa shape index (κ2) is 5.21. The van der Waals surface area contributed by atoms with Crippen molar-refractivity contribution in [2.75, 3.05) is 13.1 Å². The number of carboxylic acids is 1. The molecule has 0 bridgehead atoms. The van der Waals surface area contributed by atoms with Crippen LogP contribution in [0.3, 0.4) is 0 Å². The summed E-state index contributed by atoms with van der Waals surface area (Å²) >= 11 is 0. The molecule has 0 aromatic heterocycles. The van der Waals surface area contributed by atoms with Crippen LogP contribution in [0.15, 0.2) is 12.2 Å². The average molecular weight is 241 g/mol. The zero-order chi connectivity index (χ0) is 13.1. The van der Waals surface area contributed by atoms with Crippen molar-refractivity contribution in [2.24, 2.45) is 5.92 Å². The summed E-state index contributed by atoms with van der Waals surface area (Å²) in [5.74, 6) is -1.44. The molecule has 1 amide bonds. The fourth-order valence-electron chi connectivity index (χ4n) is 1.53. The highest BCUT2D eigenvalue weighted by Gasteiger charge is 2.27. The van der Waals surface area contributed by atoms with Gasteiger partial charge < -0.3 is 14.7 Å². The number of rotatable bonds is 1. The van der Waals surface area contributed by atoms with Gasteiger partial charge in [-0.1, -0.05) is 12.2 Å². The van der Waals surface area contributed by atoms with Crippen LogP contribution in [-0.4, -0.2) is 40.8 Å². The molecule has 17 heavy (non-hydrogen) atoms. The fraction of sp³-hybridized carbons (Fsp3) is 0.667. The van der Waals surface area contributed by atoms with Crippen molar-refractivity contribution in [3.63, 3.8) is 0 Å². The highest BCUT2D eigenvalue weighted by molar-refractivity contribution is 5.73. The lowest BCUT2D eigenvalue weighted by Gasteiger charge is -2.27. The van der Waals surface area contributed by atoms with Crippen LogP contribution >= 0.6 is 0 Å². The van der Waals surface area contributed by atoms with Crippen LogP contribution < -0.4 is 0 Å². The molecule has 0 saturated heterocycles. The van der Waals surface area contributed by atoms with E-state index in [-0.39, 0.29) is 6.54 Å². The second-order valence-corrected chi connectivity index (χ2v) is 5.13. The topological polar surface area (TPSA) is 66.8 Å². The van der Waals surface area contributed by atoms with Gasteiger partial charge in [0, 0.05) is 13.1 Å². The molecular weight excluding hydrogens is 222 g/mol. The number of allylic oxidation sites excluding steroid dienone is 1. The molecule has 1 rings (SSSR count). The summed E-state index contributed by atoms with van der Waals surface area (Å²) in [6, 6.07) is 0. The molecule has 0 spiro atoms. The van der Waals surface area contributed by atoms with Crippen LogP contribution in [0.4, 0.5) is 4.79 Å². The predicted molar refractivity (Wildman–Crippen MR) is 62.7 cm³/mol. The molecule has 1 N–H and O–H groups in total. The van der Waals surface area contributed by atoms with E-state index in [1.807, 2.05) is 0 Å². The van der Waals surface area contributed by atoms with Gasteiger partial charge in [0.1, 0.15) is 5.60 Å². The third kappa shape index (κ3) is 4.46. The summed E-state index contributed by atoms with van der Waals surface area (Å²) in [6.07, 6.45) is 3.58. The van der Waals surface area contributed by atoms with Gasteiger partial charge in [-0.05, 0) is 27.2 Å². The van der Waals surface area contributed by atoms with Gasteiger partial charge >= 0.3 is 12.1 Å². The first-order valence-corrected chi connectivity index (χ1v) is 5.65. The lowest BCUT2D eigenvalue weighted by molar-refractivity contribution is -0.142. The fourth-order valence-corrected chi connectivity index (χ4v) is 1.53. The minimum atomic E-state index is -0.884. The lowest BCUT2D eigenvalue weighted by atomic mass is 10.1. The monoisotopic (exact) mass is 241 g/mol. The largest absolute Gasteiger partial charge is 0.481 e. The van der Waals surface area contributed by atoms with E-state index in [0.717, 1.165) is 0 Å². The van der Waals surface area contributed by atoms with E-state index in [1.54, 1.807) is 32.9 Å². The Morgan fingerprint density at radius 2 is 2.00 bits per heavy atom. The number of nitrogens with zero attached hydrogens (tertiary/aromatic N) is 1. The maximum Gasteiger partial charge on any atom is 0.410 e. The SMILES string of the molecule is CC(C)(C)OC(=O)N1CC=CC[C@H](C(=O)O)C1. The van der Waals surface area contributed by atoms with Crippen LogP contribution in [0, 0.1) is 5.92 Å². The molecule has 0 aromatic rings. The molecule has 0 radical (unpaired) electrons. The third-order valence-electron chi connectivity index (χ3n) is 2.35. The van der Waals surface area contributed by atoms with Crippen molar-refractivity contribution in [2.45, 2.75) is 32.8 Å². The normalized spacial score (nSPS) is 20.9. The van der Waals surface area contributed by atoms with Crippen LogP contribution in [0.1, 0.15) is 27.2 Å². The molecule has 1 atom stereocenters. The molecule has 0 aromatic carbocycles. The molecule has 0 unspecified atom stereocenters. The number of carbonyl (C=O) groups is 2. The molecule has 0 fully saturated rings. The van der Waals surface area contributed by atoms with Gasteiger partial charge in [-0.25, -0.2) is 4.79 Å². The zero-order valence-electron chi connectivity index (χ0n) is 10.5. The average Bonchev–Trinajstić information content (AvgIpc) is 2.39. The van der Waals surface area contributed by atoms with E-state index in [0.29, 0.717) is 13.0 Å². The van der Waals surface area contributed by atoms with Crippen LogP contribution in [0.2, 0.25) is 0 Å². The number of hydrogen-bond donors (Lipinski definition) is 1. The van der Waals surface area contributed by atoms with Crippen molar-refractivity contribution < 1.29 is 19.4 Å². The van der Waals surface area contributed by atoms with Crippen molar-refractivity contribution in [1.82, 2.24) is 4.90 Å². The summed E-state index contributed by atoms with van der Waals surface area (Å²) in [5, 5.41) is 8.98. The molecule has 1 aliphatic heterocycles. The van der Waals surface area contributed by atoms with Gasteiger partial charge in [-0.3, -0.25) is 4.79 Å². The Labute approximate surface area is 101 Å². The van der Waals surface area contributed by atoms with Crippen molar-refractivity contribution >= 4 is 12.1 Å².